The Morgan fingerprint density at radius 2 is 1.96 bits per heavy atom. The van der Waals surface area contributed by atoms with Crippen LogP contribution in [0.5, 0.6) is 5.75 Å². The van der Waals surface area contributed by atoms with E-state index in [4.69, 9.17) is 4.74 Å². The molecule has 1 unspecified atom stereocenters. The molecule has 0 radical (unpaired) electrons. The van der Waals surface area contributed by atoms with Crippen LogP contribution in [-0.2, 0) is 0 Å². The quantitative estimate of drug-likeness (QED) is 0.849. The molecule has 0 bridgehead atoms. The van der Waals surface area contributed by atoms with E-state index in [1.54, 1.807) is 0 Å². The summed E-state index contributed by atoms with van der Waals surface area (Å²) in [5.74, 6) is 0.695. The molecule has 24 heavy (non-hydrogen) atoms. The lowest BCUT2D eigenvalue weighted by molar-refractivity contribution is 0.256. The molecule has 1 atom stereocenters. The summed E-state index contributed by atoms with van der Waals surface area (Å²) in [4.78, 5) is 15.9. The van der Waals surface area contributed by atoms with Crippen LogP contribution in [0.1, 0.15) is 20.3 Å². The molecule has 1 aliphatic heterocycles. The molecule has 0 aromatic heterocycles. The molecule has 1 heterocycles. The fourth-order valence-corrected chi connectivity index (χ4v) is 3.94. The topological polar surface area (TPSA) is 41.6 Å². The highest BCUT2D eigenvalue weighted by Gasteiger charge is 2.28. The fourth-order valence-electron chi connectivity index (χ4n) is 2.74. The third-order valence-corrected chi connectivity index (χ3v) is 5.38. The van der Waals surface area contributed by atoms with Crippen LogP contribution >= 0.6 is 11.8 Å². The highest BCUT2D eigenvalue weighted by Crippen LogP contribution is 2.39. The number of benzene rings is 2. The number of ether oxygens (including phenoxy) is 1. The maximum atomic E-state index is 12.9. The molecule has 0 aliphatic carbocycles. The van der Waals surface area contributed by atoms with E-state index < -0.39 is 0 Å². The number of amides is 2. The number of fused-ring (bicyclic) bond motifs is 1. The number of rotatable bonds is 4. The van der Waals surface area contributed by atoms with Crippen LogP contribution < -0.4 is 15.0 Å². The van der Waals surface area contributed by atoms with Crippen LogP contribution in [0.15, 0.2) is 53.4 Å². The number of thioether (sulfide) groups is 1. The van der Waals surface area contributed by atoms with Crippen LogP contribution in [0.4, 0.5) is 16.2 Å². The number of carbonyl (C=O) groups is 1. The first-order valence-corrected chi connectivity index (χ1v) is 9.17. The summed E-state index contributed by atoms with van der Waals surface area (Å²) in [5.41, 5.74) is 1.67. The molecule has 126 valence electrons. The van der Waals surface area contributed by atoms with E-state index >= 15 is 0 Å². The first-order chi connectivity index (χ1) is 11.7. The second kappa shape index (κ2) is 7.62. The molecular weight excluding hydrogens is 320 g/mol. The lowest BCUT2D eigenvalue weighted by Crippen LogP contribution is -2.41. The molecule has 4 nitrogen and oxygen atoms in total. The van der Waals surface area contributed by atoms with Gasteiger partial charge in [-0.1, -0.05) is 31.2 Å². The van der Waals surface area contributed by atoms with Crippen molar-refractivity contribution in [1.29, 1.82) is 0 Å². The molecular formula is C19H22N2O2S. The minimum atomic E-state index is -0.117. The van der Waals surface area contributed by atoms with Crippen molar-refractivity contribution >= 4 is 29.2 Å². The Bertz CT molecular complexity index is 720. The van der Waals surface area contributed by atoms with Crippen LogP contribution in [0, 0.1) is 0 Å². The van der Waals surface area contributed by atoms with Crippen molar-refractivity contribution in [3.8, 4) is 5.75 Å². The van der Waals surface area contributed by atoms with Gasteiger partial charge in [-0.15, -0.1) is 11.8 Å². The van der Waals surface area contributed by atoms with Gasteiger partial charge in [-0.3, -0.25) is 4.90 Å². The number of hydrogen-bond acceptors (Lipinski definition) is 3. The Hall–Kier alpha value is -2.14. The highest BCUT2D eigenvalue weighted by atomic mass is 32.2. The molecule has 1 N–H and O–H groups in total. The van der Waals surface area contributed by atoms with Gasteiger partial charge in [0.15, 0.2) is 0 Å². The van der Waals surface area contributed by atoms with Crippen LogP contribution in [0.25, 0.3) is 0 Å². The number of carbonyl (C=O) groups excluding carboxylic acids is 1. The Morgan fingerprint density at radius 1 is 1.21 bits per heavy atom. The fraction of sp³-hybridized carbons (Fsp3) is 0.316. The largest absolute Gasteiger partial charge is 0.492 e. The standard InChI is InChI=1S/C19H22N2O2S/c1-3-14-13-21(16-10-6-8-12-18(16)24-14)19(22)20-15-9-5-7-11-17(15)23-4-2/h5-12,14H,3-4,13H2,1-2H3,(H,20,22). The van der Waals surface area contributed by atoms with E-state index in [2.05, 4.69) is 18.3 Å². The van der Waals surface area contributed by atoms with Gasteiger partial charge in [0, 0.05) is 16.7 Å². The number of anilines is 2. The van der Waals surface area contributed by atoms with Gasteiger partial charge in [0.05, 0.1) is 18.0 Å². The maximum absolute atomic E-state index is 12.9. The molecule has 2 aromatic rings. The number of nitrogens with one attached hydrogen (secondary N) is 1. The summed E-state index contributed by atoms with van der Waals surface area (Å²) in [6.07, 6.45) is 1.03. The average molecular weight is 342 g/mol. The molecule has 0 spiro atoms. The zero-order valence-electron chi connectivity index (χ0n) is 14.0. The lowest BCUT2D eigenvalue weighted by atomic mass is 10.2. The average Bonchev–Trinajstić information content (AvgIpc) is 2.62. The highest BCUT2D eigenvalue weighted by molar-refractivity contribution is 8.00. The maximum Gasteiger partial charge on any atom is 0.326 e. The van der Waals surface area contributed by atoms with E-state index in [1.807, 2.05) is 66.1 Å². The van der Waals surface area contributed by atoms with Crippen molar-refractivity contribution in [1.82, 2.24) is 0 Å². The van der Waals surface area contributed by atoms with E-state index in [-0.39, 0.29) is 6.03 Å². The van der Waals surface area contributed by atoms with Gasteiger partial charge < -0.3 is 10.1 Å². The number of hydrogen-bond donors (Lipinski definition) is 1. The van der Waals surface area contributed by atoms with Gasteiger partial charge in [-0.05, 0) is 37.6 Å². The second-order valence-corrected chi connectivity index (χ2v) is 6.93. The van der Waals surface area contributed by atoms with Crippen molar-refractivity contribution in [2.24, 2.45) is 0 Å². The summed E-state index contributed by atoms with van der Waals surface area (Å²) in [5, 5.41) is 3.41. The monoisotopic (exact) mass is 342 g/mol. The first kappa shape index (κ1) is 16.7. The third-order valence-electron chi connectivity index (χ3n) is 3.96. The van der Waals surface area contributed by atoms with Crippen molar-refractivity contribution in [3.05, 3.63) is 48.5 Å². The normalized spacial score (nSPS) is 16.4. The third kappa shape index (κ3) is 3.51. The summed E-state index contributed by atoms with van der Waals surface area (Å²) < 4.78 is 5.60. The Kier molecular flexibility index (Phi) is 5.30. The van der Waals surface area contributed by atoms with E-state index in [0.29, 0.717) is 29.8 Å². The molecule has 0 saturated heterocycles. The van der Waals surface area contributed by atoms with E-state index in [0.717, 1.165) is 17.0 Å². The van der Waals surface area contributed by atoms with Gasteiger partial charge in [-0.2, -0.15) is 0 Å². The van der Waals surface area contributed by atoms with Crippen molar-refractivity contribution in [3.63, 3.8) is 0 Å². The zero-order valence-corrected chi connectivity index (χ0v) is 14.8. The van der Waals surface area contributed by atoms with Gasteiger partial charge >= 0.3 is 6.03 Å². The first-order valence-electron chi connectivity index (χ1n) is 8.29. The predicted octanol–water partition coefficient (Wildman–Crippen LogP) is 5.01. The second-order valence-electron chi connectivity index (χ2n) is 5.59. The number of para-hydroxylation sites is 3. The van der Waals surface area contributed by atoms with Crippen LogP contribution in [0.3, 0.4) is 0 Å². The minimum Gasteiger partial charge on any atom is -0.492 e. The van der Waals surface area contributed by atoms with Gasteiger partial charge in [0.25, 0.3) is 0 Å². The molecule has 0 fully saturated rings. The summed E-state index contributed by atoms with van der Waals surface area (Å²) in [6.45, 7) is 5.36. The van der Waals surface area contributed by atoms with E-state index in [9.17, 15) is 4.79 Å². The van der Waals surface area contributed by atoms with Gasteiger partial charge in [0.2, 0.25) is 0 Å². The van der Waals surface area contributed by atoms with Crippen LogP contribution in [-0.4, -0.2) is 24.4 Å². The predicted molar refractivity (Wildman–Crippen MR) is 100 cm³/mol. The smallest absolute Gasteiger partial charge is 0.326 e. The van der Waals surface area contributed by atoms with Crippen LogP contribution in [0.2, 0.25) is 0 Å². The van der Waals surface area contributed by atoms with E-state index in [1.165, 1.54) is 0 Å². The Labute approximate surface area is 147 Å². The summed E-state index contributed by atoms with van der Waals surface area (Å²) in [7, 11) is 0. The molecule has 2 amide bonds. The summed E-state index contributed by atoms with van der Waals surface area (Å²) >= 11 is 1.85. The Balaban J connectivity index is 1.85. The van der Waals surface area contributed by atoms with Gasteiger partial charge in [-0.25, -0.2) is 4.79 Å². The lowest BCUT2D eigenvalue weighted by Gasteiger charge is -2.33. The molecule has 3 rings (SSSR count). The Morgan fingerprint density at radius 3 is 2.75 bits per heavy atom. The molecule has 0 saturated carbocycles. The molecule has 1 aliphatic rings. The SMILES string of the molecule is CCOc1ccccc1NC(=O)N1CC(CC)Sc2ccccc21. The minimum absolute atomic E-state index is 0.117. The van der Waals surface area contributed by atoms with Crippen molar-refractivity contribution < 1.29 is 9.53 Å². The molecule has 2 aromatic carbocycles. The van der Waals surface area contributed by atoms with Crippen molar-refractivity contribution in [2.45, 2.75) is 30.4 Å². The zero-order chi connectivity index (χ0) is 16.9. The van der Waals surface area contributed by atoms with Crippen molar-refractivity contribution in [2.75, 3.05) is 23.4 Å². The number of urea groups is 1. The number of nitrogens with zero attached hydrogens (tertiary/aromatic N) is 1. The summed E-state index contributed by atoms with van der Waals surface area (Å²) in [6, 6.07) is 15.5. The van der Waals surface area contributed by atoms with Gasteiger partial charge in [0.1, 0.15) is 5.75 Å². The molecule has 5 heteroatoms.